The number of benzene rings is 7. The van der Waals surface area contributed by atoms with Gasteiger partial charge in [-0.1, -0.05) is 115 Å². The van der Waals surface area contributed by atoms with Crippen molar-refractivity contribution in [1.29, 1.82) is 0 Å². The van der Waals surface area contributed by atoms with Gasteiger partial charge in [-0.3, -0.25) is 4.57 Å². The third-order valence-electron chi connectivity index (χ3n) is 9.35. The maximum absolute atomic E-state index is 6.73. The summed E-state index contributed by atoms with van der Waals surface area (Å²) in [7, 11) is 0. The van der Waals surface area contributed by atoms with E-state index in [4.69, 9.17) is 9.40 Å². The number of para-hydroxylation sites is 5. The van der Waals surface area contributed by atoms with Crippen LogP contribution < -0.4 is 0 Å². The molecule has 0 radical (unpaired) electrons. The van der Waals surface area contributed by atoms with Crippen molar-refractivity contribution in [1.82, 2.24) is 14.1 Å². The van der Waals surface area contributed by atoms with Gasteiger partial charge in [0.1, 0.15) is 11.4 Å². The lowest BCUT2D eigenvalue weighted by Crippen LogP contribution is -1.97. The number of hydrogen-bond acceptors (Lipinski definition) is 2. The van der Waals surface area contributed by atoms with Crippen molar-refractivity contribution in [3.8, 4) is 33.9 Å². The van der Waals surface area contributed by atoms with Crippen LogP contribution in [0.25, 0.3) is 88.7 Å². The maximum Gasteiger partial charge on any atom is 0.159 e. The smallest absolute Gasteiger partial charge is 0.159 e. The molecule has 4 heteroatoms. The molecule has 3 heterocycles. The molecule has 0 saturated carbocycles. The Morgan fingerprint density at radius 1 is 0.447 bits per heavy atom. The van der Waals surface area contributed by atoms with Crippen LogP contribution in [0.3, 0.4) is 0 Å². The van der Waals surface area contributed by atoms with E-state index < -0.39 is 0 Å². The van der Waals surface area contributed by atoms with Crippen LogP contribution in [-0.4, -0.2) is 14.1 Å². The standard InChI is InChI=1S/C43H27N3O/c1-2-12-29(13-3-1)43-44-35-18-6-9-21-38(35)45(43)30-26-24-28(25-27-30)31-16-11-23-40-41(31)34-17-10-22-39(42(34)47-40)46-36-19-7-4-14-32(36)33-15-5-8-20-37(33)46/h1-27H. The minimum absolute atomic E-state index is 0.877. The molecular weight excluding hydrogens is 574 g/mol. The topological polar surface area (TPSA) is 35.9 Å². The van der Waals surface area contributed by atoms with Gasteiger partial charge in [0.25, 0.3) is 0 Å². The predicted octanol–water partition coefficient (Wildman–Crippen LogP) is 11.4. The second-order valence-electron chi connectivity index (χ2n) is 12.0. The molecule has 220 valence electrons. The molecule has 0 aliphatic rings. The van der Waals surface area contributed by atoms with E-state index in [0.29, 0.717) is 0 Å². The van der Waals surface area contributed by atoms with E-state index in [-0.39, 0.29) is 0 Å². The van der Waals surface area contributed by atoms with Crippen LogP contribution in [-0.2, 0) is 0 Å². The van der Waals surface area contributed by atoms with Gasteiger partial charge in [0, 0.05) is 32.8 Å². The molecule has 10 rings (SSSR count). The van der Waals surface area contributed by atoms with E-state index in [1.807, 2.05) is 12.1 Å². The lowest BCUT2D eigenvalue weighted by molar-refractivity contribution is 0.666. The summed E-state index contributed by atoms with van der Waals surface area (Å²) < 4.78 is 11.3. The molecule has 0 fully saturated rings. The zero-order valence-electron chi connectivity index (χ0n) is 25.3. The van der Waals surface area contributed by atoms with E-state index in [1.165, 1.54) is 21.8 Å². The molecule has 0 aliphatic carbocycles. The maximum atomic E-state index is 6.73. The number of fused-ring (bicyclic) bond motifs is 7. The first-order valence-corrected chi connectivity index (χ1v) is 15.9. The number of furan rings is 1. The van der Waals surface area contributed by atoms with Crippen LogP contribution in [0.5, 0.6) is 0 Å². The Kier molecular flexibility index (Phi) is 5.54. The molecule has 10 aromatic rings. The van der Waals surface area contributed by atoms with Crippen molar-refractivity contribution < 1.29 is 4.42 Å². The SMILES string of the molecule is c1ccc(-c2nc3ccccc3n2-c2ccc(-c3cccc4oc5c(-n6c7ccccc7c7ccccc76)cccc5c34)cc2)cc1. The van der Waals surface area contributed by atoms with E-state index in [0.717, 1.165) is 66.9 Å². The second-order valence-corrected chi connectivity index (χ2v) is 12.0. The van der Waals surface area contributed by atoms with Crippen molar-refractivity contribution in [3.63, 3.8) is 0 Å². The molecule has 0 saturated heterocycles. The first-order chi connectivity index (χ1) is 23.3. The Morgan fingerprint density at radius 3 is 1.85 bits per heavy atom. The summed E-state index contributed by atoms with van der Waals surface area (Å²) in [5.41, 5.74) is 11.6. The molecule has 0 bridgehead atoms. The summed E-state index contributed by atoms with van der Waals surface area (Å²) in [6, 6.07) is 57.6. The number of nitrogens with zero attached hydrogens (tertiary/aromatic N) is 3. The van der Waals surface area contributed by atoms with Crippen LogP contribution in [0.4, 0.5) is 0 Å². The zero-order chi connectivity index (χ0) is 30.9. The predicted molar refractivity (Wildman–Crippen MR) is 194 cm³/mol. The molecule has 7 aromatic carbocycles. The van der Waals surface area contributed by atoms with Crippen molar-refractivity contribution in [2.75, 3.05) is 0 Å². The number of aromatic nitrogens is 3. The van der Waals surface area contributed by atoms with Gasteiger partial charge in [-0.2, -0.15) is 0 Å². The van der Waals surface area contributed by atoms with Crippen LogP contribution in [0.2, 0.25) is 0 Å². The van der Waals surface area contributed by atoms with Crippen molar-refractivity contribution in [3.05, 3.63) is 164 Å². The quantitative estimate of drug-likeness (QED) is 0.201. The van der Waals surface area contributed by atoms with Crippen molar-refractivity contribution in [2.24, 2.45) is 0 Å². The van der Waals surface area contributed by atoms with Crippen molar-refractivity contribution in [2.45, 2.75) is 0 Å². The van der Waals surface area contributed by atoms with Gasteiger partial charge in [0.15, 0.2) is 5.58 Å². The van der Waals surface area contributed by atoms with E-state index in [9.17, 15) is 0 Å². The van der Waals surface area contributed by atoms with Gasteiger partial charge in [-0.15, -0.1) is 0 Å². The van der Waals surface area contributed by atoms with Crippen LogP contribution in [0.15, 0.2) is 168 Å². The minimum atomic E-state index is 0.877. The average molecular weight is 602 g/mol. The molecular formula is C43H27N3O. The van der Waals surface area contributed by atoms with E-state index in [2.05, 4.69) is 161 Å². The lowest BCUT2D eigenvalue weighted by atomic mass is 9.99. The molecule has 3 aromatic heterocycles. The van der Waals surface area contributed by atoms with Gasteiger partial charge >= 0.3 is 0 Å². The molecule has 47 heavy (non-hydrogen) atoms. The van der Waals surface area contributed by atoms with Gasteiger partial charge in [-0.05, 0) is 59.7 Å². The highest BCUT2D eigenvalue weighted by molar-refractivity contribution is 6.16. The first-order valence-electron chi connectivity index (χ1n) is 15.9. The lowest BCUT2D eigenvalue weighted by Gasteiger charge is -2.11. The summed E-state index contributed by atoms with van der Waals surface area (Å²) >= 11 is 0. The third kappa shape index (κ3) is 3.85. The monoisotopic (exact) mass is 601 g/mol. The normalized spacial score (nSPS) is 11.8. The zero-order valence-corrected chi connectivity index (χ0v) is 25.3. The Bertz CT molecular complexity index is 2730. The molecule has 0 amide bonds. The highest BCUT2D eigenvalue weighted by Crippen LogP contribution is 2.41. The van der Waals surface area contributed by atoms with Gasteiger partial charge < -0.3 is 8.98 Å². The molecule has 0 N–H and O–H groups in total. The van der Waals surface area contributed by atoms with Crippen LogP contribution >= 0.6 is 0 Å². The fourth-order valence-corrected chi connectivity index (χ4v) is 7.29. The highest BCUT2D eigenvalue weighted by Gasteiger charge is 2.20. The Labute approximate surface area is 270 Å². The third-order valence-corrected chi connectivity index (χ3v) is 9.35. The van der Waals surface area contributed by atoms with Crippen molar-refractivity contribution >= 4 is 54.8 Å². The first kappa shape index (κ1) is 25.9. The van der Waals surface area contributed by atoms with Crippen LogP contribution in [0.1, 0.15) is 0 Å². The summed E-state index contributed by atoms with van der Waals surface area (Å²) in [5.74, 6) is 0.931. The van der Waals surface area contributed by atoms with E-state index >= 15 is 0 Å². The molecule has 0 spiro atoms. The second kappa shape index (κ2) is 10.1. The summed E-state index contributed by atoms with van der Waals surface area (Å²) in [6.07, 6.45) is 0. The van der Waals surface area contributed by atoms with Gasteiger partial charge in [0.2, 0.25) is 0 Å². The number of imidazole rings is 1. The van der Waals surface area contributed by atoms with Gasteiger partial charge in [-0.25, -0.2) is 4.98 Å². The Balaban J connectivity index is 1.15. The Morgan fingerprint density at radius 2 is 1.09 bits per heavy atom. The largest absolute Gasteiger partial charge is 0.454 e. The van der Waals surface area contributed by atoms with Gasteiger partial charge in [0.05, 0.1) is 27.8 Å². The van der Waals surface area contributed by atoms with E-state index in [1.54, 1.807) is 0 Å². The fraction of sp³-hybridized carbons (Fsp3) is 0. The minimum Gasteiger partial charge on any atom is -0.454 e. The Hall–Kier alpha value is -6.39. The van der Waals surface area contributed by atoms with Crippen LogP contribution in [0, 0.1) is 0 Å². The summed E-state index contributed by atoms with van der Waals surface area (Å²) in [6.45, 7) is 0. The highest BCUT2D eigenvalue weighted by atomic mass is 16.3. The average Bonchev–Trinajstić information content (AvgIpc) is 3.82. The number of rotatable bonds is 4. The molecule has 0 atom stereocenters. The summed E-state index contributed by atoms with van der Waals surface area (Å²) in [4.78, 5) is 5.02. The fourth-order valence-electron chi connectivity index (χ4n) is 7.29. The molecule has 0 unspecified atom stereocenters. The molecule has 4 nitrogen and oxygen atoms in total. The summed E-state index contributed by atoms with van der Waals surface area (Å²) in [5, 5.41) is 4.69. The molecule has 0 aliphatic heterocycles. The number of hydrogen-bond donors (Lipinski definition) is 0.